The highest BCUT2D eigenvalue weighted by atomic mass is 35.5. The number of fused-ring (bicyclic) bond motifs is 2. The van der Waals surface area contributed by atoms with Crippen LogP contribution in [0, 0.1) is 0 Å². The topological polar surface area (TPSA) is 0 Å². The summed E-state index contributed by atoms with van der Waals surface area (Å²) in [5, 5.41) is 1.13. The Morgan fingerprint density at radius 2 is 1.20 bits per heavy atom. The van der Waals surface area contributed by atoms with E-state index in [2.05, 4.69) is 6.07 Å². The van der Waals surface area contributed by atoms with Crippen molar-refractivity contribution in [2.24, 2.45) is 0 Å². The Kier molecular flexibility index (Phi) is 2.48. The summed E-state index contributed by atoms with van der Waals surface area (Å²) in [5.41, 5.74) is 6.05. The maximum absolute atomic E-state index is 6.54. The van der Waals surface area contributed by atoms with Gasteiger partial charge in [-0.3, -0.25) is 0 Å². The molecule has 0 aliphatic heterocycles. The Morgan fingerprint density at radius 3 is 1.73 bits per heavy atom. The fourth-order valence-electron chi connectivity index (χ4n) is 3.07. The molecule has 0 saturated carbocycles. The SMILES string of the molecule is Clc1c2c(cc3c1CCCC3)CCCC2. The highest BCUT2D eigenvalue weighted by Gasteiger charge is 2.20. The van der Waals surface area contributed by atoms with Gasteiger partial charge < -0.3 is 0 Å². The van der Waals surface area contributed by atoms with Crippen LogP contribution < -0.4 is 0 Å². The highest BCUT2D eigenvalue weighted by molar-refractivity contribution is 6.32. The van der Waals surface area contributed by atoms with Gasteiger partial charge in [-0.2, -0.15) is 0 Å². The third-order valence-corrected chi connectivity index (χ3v) is 4.36. The number of aryl methyl sites for hydroxylation is 2. The van der Waals surface area contributed by atoms with E-state index in [-0.39, 0.29) is 0 Å². The van der Waals surface area contributed by atoms with Gasteiger partial charge in [-0.1, -0.05) is 17.7 Å². The number of halogens is 1. The van der Waals surface area contributed by atoms with Crippen LogP contribution in [0.3, 0.4) is 0 Å². The molecule has 80 valence electrons. The summed E-state index contributed by atoms with van der Waals surface area (Å²) in [4.78, 5) is 0. The van der Waals surface area contributed by atoms with Gasteiger partial charge in [0.15, 0.2) is 0 Å². The molecule has 0 spiro atoms. The molecule has 2 aliphatic rings. The molecular formula is C14H17Cl. The fourth-order valence-corrected chi connectivity index (χ4v) is 3.50. The zero-order valence-electron chi connectivity index (χ0n) is 9.11. The maximum atomic E-state index is 6.54. The quantitative estimate of drug-likeness (QED) is 0.618. The molecule has 0 saturated heterocycles. The standard InChI is InChI=1S/C14H17Cl/c15-14-12-7-3-1-5-10(12)9-11-6-2-4-8-13(11)14/h9H,1-8H2. The van der Waals surface area contributed by atoms with E-state index in [1.54, 1.807) is 11.1 Å². The Balaban J connectivity index is 2.16. The van der Waals surface area contributed by atoms with E-state index in [0.717, 1.165) is 5.02 Å². The molecule has 0 radical (unpaired) electrons. The van der Waals surface area contributed by atoms with Crippen molar-refractivity contribution in [1.82, 2.24) is 0 Å². The first-order valence-corrected chi connectivity index (χ1v) is 6.56. The summed E-state index contributed by atoms with van der Waals surface area (Å²) in [7, 11) is 0. The van der Waals surface area contributed by atoms with Crippen LogP contribution in [0.15, 0.2) is 6.07 Å². The van der Waals surface area contributed by atoms with Crippen molar-refractivity contribution >= 4 is 11.6 Å². The van der Waals surface area contributed by atoms with E-state index in [9.17, 15) is 0 Å². The lowest BCUT2D eigenvalue weighted by molar-refractivity contribution is 0.658. The summed E-state index contributed by atoms with van der Waals surface area (Å²) in [6.45, 7) is 0. The zero-order chi connectivity index (χ0) is 10.3. The van der Waals surface area contributed by atoms with Crippen LogP contribution in [-0.4, -0.2) is 0 Å². The Bertz CT molecular complexity index is 359. The van der Waals surface area contributed by atoms with Gasteiger partial charge in [0.1, 0.15) is 0 Å². The van der Waals surface area contributed by atoms with Crippen LogP contribution in [0.2, 0.25) is 5.02 Å². The van der Waals surface area contributed by atoms with Crippen molar-refractivity contribution in [2.45, 2.75) is 51.4 Å². The van der Waals surface area contributed by atoms with Crippen LogP contribution in [0.25, 0.3) is 0 Å². The molecule has 1 aromatic carbocycles. The monoisotopic (exact) mass is 220 g/mol. The smallest absolute Gasteiger partial charge is 0.0475 e. The molecule has 0 atom stereocenters. The van der Waals surface area contributed by atoms with Crippen molar-refractivity contribution in [3.05, 3.63) is 33.3 Å². The second kappa shape index (κ2) is 3.83. The maximum Gasteiger partial charge on any atom is 0.0475 e. The number of hydrogen-bond acceptors (Lipinski definition) is 0. The molecule has 0 bridgehead atoms. The van der Waals surface area contributed by atoms with E-state index in [4.69, 9.17) is 11.6 Å². The highest BCUT2D eigenvalue weighted by Crippen LogP contribution is 2.36. The first-order valence-electron chi connectivity index (χ1n) is 6.18. The summed E-state index contributed by atoms with van der Waals surface area (Å²) in [6.07, 6.45) is 10.3. The number of hydrogen-bond donors (Lipinski definition) is 0. The Morgan fingerprint density at radius 1 is 0.733 bits per heavy atom. The minimum absolute atomic E-state index is 1.13. The van der Waals surface area contributed by atoms with Crippen LogP contribution in [0.5, 0.6) is 0 Å². The first kappa shape index (κ1) is 9.72. The lowest BCUT2D eigenvalue weighted by Gasteiger charge is -2.24. The van der Waals surface area contributed by atoms with Gasteiger partial charge >= 0.3 is 0 Å². The predicted octanol–water partition coefficient (Wildman–Crippen LogP) is 4.10. The summed E-state index contributed by atoms with van der Waals surface area (Å²) < 4.78 is 0. The largest absolute Gasteiger partial charge is 0.0837 e. The van der Waals surface area contributed by atoms with Crippen molar-refractivity contribution in [3.63, 3.8) is 0 Å². The zero-order valence-corrected chi connectivity index (χ0v) is 9.87. The van der Waals surface area contributed by atoms with E-state index in [1.807, 2.05) is 0 Å². The van der Waals surface area contributed by atoms with Crippen LogP contribution in [0.1, 0.15) is 47.9 Å². The van der Waals surface area contributed by atoms with Gasteiger partial charge in [0, 0.05) is 5.02 Å². The summed E-state index contributed by atoms with van der Waals surface area (Å²) in [6, 6.07) is 2.45. The lowest BCUT2D eigenvalue weighted by atomic mass is 9.83. The van der Waals surface area contributed by atoms with Crippen LogP contribution >= 0.6 is 11.6 Å². The third-order valence-electron chi connectivity index (χ3n) is 3.90. The number of rotatable bonds is 0. The van der Waals surface area contributed by atoms with Crippen molar-refractivity contribution in [2.75, 3.05) is 0 Å². The molecule has 0 aromatic heterocycles. The van der Waals surface area contributed by atoms with Gasteiger partial charge in [0.2, 0.25) is 0 Å². The van der Waals surface area contributed by atoms with Crippen molar-refractivity contribution < 1.29 is 0 Å². The molecule has 1 heteroatoms. The van der Waals surface area contributed by atoms with E-state index < -0.39 is 0 Å². The molecule has 0 nitrogen and oxygen atoms in total. The second-order valence-electron chi connectivity index (χ2n) is 4.88. The average Bonchev–Trinajstić information content (AvgIpc) is 2.30. The summed E-state index contributed by atoms with van der Waals surface area (Å²) >= 11 is 6.54. The minimum Gasteiger partial charge on any atom is -0.0837 e. The Labute approximate surface area is 96.6 Å². The summed E-state index contributed by atoms with van der Waals surface area (Å²) in [5.74, 6) is 0. The molecule has 1 aromatic rings. The molecule has 0 unspecified atom stereocenters. The predicted molar refractivity (Wildman–Crippen MR) is 64.7 cm³/mol. The van der Waals surface area contributed by atoms with Crippen LogP contribution in [-0.2, 0) is 25.7 Å². The molecule has 3 rings (SSSR count). The molecule has 0 heterocycles. The van der Waals surface area contributed by atoms with E-state index >= 15 is 0 Å². The van der Waals surface area contributed by atoms with E-state index in [0.29, 0.717) is 0 Å². The fraction of sp³-hybridized carbons (Fsp3) is 0.571. The van der Waals surface area contributed by atoms with Gasteiger partial charge in [0.25, 0.3) is 0 Å². The van der Waals surface area contributed by atoms with Crippen molar-refractivity contribution in [3.8, 4) is 0 Å². The van der Waals surface area contributed by atoms with Crippen LogP contribution in [0.4, 0.5) is 0 Å². The molecule has 0 fully saturated rings. The van der Waals surface area contributed by atoms with Gasteiger partial charge in [-0.25, -0.2) is 0 Å². The molecular weight excluding hydrogens is 204 g/mol. The normalized spacial score (nSPS) is 19.5. The molecule has 15 heavy (non-hydrogen) atoms. The molecule has 0 N–H and O–H groups in total. The minimum atomic E-state index is 1.13. The van der Waals surface area contributed by atoms with Gasteiger partial charge in [-0.05, 0) is 73.6 Å². The number of benzene rings is 1. The van der Waals surface area contributed by atoms with Crippen molar-refractivity contribution in [1.29, 1.82) is 0 Å². The Hall–Kier alpha value is -0.490. The third kappa shape index (κ3) is 1.59. The van der Waals surface area contributed by atoms with Gasteiger partial charge in [0.05, 0.1) is 0 Å². The lowest BCUT2D eigenvalue weighted by Crippen LogP contribution is -2.11. The molecule has 0 amide bonds. The first-order chi connectivity index (χ1) is 7.36. The molecule has 2 aliphatic carbocycles. The average molecular weight is 221 g/mol. The van der Waals surface area contributed by atoms with Gasteiger partial charge in [-0.15, -0.1) is 0 Å². The van der Waals surface area contributed by atoms with E-state index in [1.165, 1.54) is 62.5 Å². The second-order valence-corrected chi connectivity index (χ2v) is 5.26.